The summed E-state index contributed by atoms with van der Waals surface area (Å²) in [6.07, 6.45) is 2.66. The van der Waals surface area contributed by atoms with Gasteiger partial charge in [0, 0.05) is 36.1 Å². The van der Waals surface area contributed by atoms with Crippen molar-refractivity contribution in [1.29, 1.82) is 0 Å². The molecule has 4 aromatic rings. The number of rotatable bonds is 3. The lowest BCUT2D eigenvalue weighted by atomic mass is 9.96. The summed E-state index contributed by atoms with van der Waals surface area (Å²) in [5.41, 5.74) is 0.813. The average Bonchev–Trinajstić information content (AvgIpc) is 2.83. The zero-order valence-corrected chi connectivity index (χ0v) is 20.1. The van der Waals surface area contributed by atoms with Gasteiger partial charge in [-0.15, -0.1) is 0 Å². The molecule has 1 aliphatic rings. The van der Waals surface area contributed by atoms with Crippen LogP contribution in [-0.2, 0) is 4.79 Å². The van der Waals surface area contributed by atoms with Gasteiger partial charge in [-0.3, -0.25) is 4.79 Å². The molecule has 0 unspecified atom stereocenters. The number of piperazine rings is 1. The highest BCUT2D eigenvalue weighted by molar-refractivity contribution is 6.35. The fraction of sp³-hybridized carbons (Fsp3) is 0.222. The summed E-state index contributed by atoms with van der Waals surface area (Å²) in [7, 11) is 0. The van der Waals surface area contributed by atoms with Gasteiger partial charge in [-0.25, -0.2) is 14.4 Å². The number of halogens is 2. The Bertz CT molecular complexity index is 1480. The van der Waals surface area contributed by atoms with E-state index in [1.165, 1.54) is 18.5 Å². The summed E-state index contributed by atoms with van der Waals surface area (Å²) < 4.78 is 16.1. The number of aromatic hydroxyl groups is 1. The topological polar surface area (TPSA) is 69.6 Å². The normalized spacial score (nSPS) is 18.3. The third-order valence-electron chi connectivity index (χ3n) is 6.57. The number of phenolic OH excluding ortho intramolecular Hbond substituents is 1. The highest BCUT2D eigenvalue weighted by atomic mass is 35.5. The molecule has 5 rings (SSSR count). The van der Waals surface area contributed by atoms with Crippen LogP contribution in [0.5, 0.6) is 5.75 Å². The van der Waals surface area contributed by atoms with E-state index in [-0.39, 0.29) is 39.8 Å². The van der Waals surface area contributed by atoms with E-state index >= 15 is 4.39 Å². The Balaban J connectivity index is 1.67. The molecule has 0 spiro atoms. The maximum atomic E-state index is 16.1. The van der Waals surface area contributed by atoms with Crippen LogP contribution in [0.3, 0.4) is 0 Å². The quantitative estimate of drug-likeness (QED) is 0.381. The second kappa shape index (κ2) is 8.82. The van der Waals surface area contributed by atoms with E-state index in [0.717, 1.165) is 10.8 Å². The number of hydrogen-bond donors (Lipinski definition) is 1. The van der Waals surface area contributed by atoms with E-state index in [4.69, 9.17) is 11.6 Å². The molecule has 0 aliphatic carbocycles. The molecule has 2 heterocycles. The van der Waals surface area contributed by atoms with Gasteiger partial charge < -0.3 is 14.9 Å². The van der Waals surface area contributed by atoms with Gasteiger partial charge in [0.2, 0.25) is 5.91 Å². The number of anilines is 1. The second-order valence-corrected chi connectivity index (χ2v) is 9.32. The molecular weight excluding hydrogens is 467 g/mol. The third kappa shape index (κ3) is 3.86. The van der Waals surface area contributed by atoms with Crippen molar-refractivity contribution in [2.45, 2.75) is 25.9 Å². The van der Waals surface area contributed by atoms with Crippen LogP contribution in [0, 0.1) is 5.82 Å². The van der Waals surface area contributed by atoms with Gasteiger partial charge in [0.1, 0.15) is 23.4 Å². The second-order valence-electron chi connectivity index (χ2n) is 8.91. The average molecular weight is 491 g/mol. The fourth-order valence-electron chi connectivity index (χ4n) is 5.12. The summed E-state index contributed by atoms with van der Waals surface area (Å²) >= 11 is 6.70. The van der Waals surface area contributed by atoms with E-state index in [2.05, 4.69) is 21.4 Å². The number of hydrogen-bond acceptors (Lipinski definition) is 5. The Labute approximate surface area is 207 Å². The zero-order chi connectivity index (χ0) is 24.9. The first-order chi connectivity index (χ1) is 16.8. The minimum Gasteiger partial charge on any atom is -0.508 e. The number of benzene rings is 3. The van der Waals surface area contributed by atoms with Crippen molar-refractivity contribution in [2.24, 2.45) is 0 Å². The standard InChI is InChI=1S/C27H24ClFN4O2/c1-4-23(35)32-12-15(2)33(16(3)13-32)27-21-11-22(28)24(25(29)26(21)30-14-31-27)20-10-18(34)9-17-7-5-6-8-19(17)20/h4-11,14-16,34H,1,12-13H2,2-3H3/t15-,16+. The van der Waals surface area contributed by atoms with Gasteiger partial charge in [-0.1, -0.05) is 42.4 Å². The van der Waals surface area contributed by atoms with Crippen LogP contribution in [0.2, 0.25) is 5.02 Å². The molecule has 178 valence electrons. The molecule has 0 bridgehead atoms. The number of fused-ring (bicyclic) bond motifs is 2. The van der Waals surface area contributed by atoms with Crippen LogP contribution < -0.4 is 4.90 Å². The maximum Gasteiger partial charge on any atom is 0.246 e. The largest absolute Gasteiger partial charge is 0.508 e. The van der Waals surface area contributed by atoms with E-state index < -0.39 is 5.82 Å². The van der Waals surface area contributed by atoms with Gasteiger partial charge in [0.05, 0.1) is 5.02 Å². The number of carbonyl (C=O) groups excluding carboxylic acids is 1. The van der Waals surface area contributed by atoms with Gasteiger partial charge in [0.25, 0.3) is 0 Å². The van der Waals surface area contributed by atoms with Crippen molar-refractivity contribution in [2.75, 3.05) is 18.0 Å². The van der Waals surface area contributed by atoms with Crippen LogP contribution in [0.15, 0.2) is 61.4 Å². The predicted octanol–water partition coefficient (Wildman–Crippen LogP) is 5.56. The molecule has 8 heteroatoms. The SMILES string of the molecule is C=CC(=O)N1C[C@@H](C)N(c2ncnc3c(F)c(-c4cc(O)cc5ccccc45)c(Cl)cc23)[C@@H](C)C1. The predicted molar refractivity (Wildman–Crippen MR) is 137 cm³/mol. The molecule has 1 amide bonds. The molecule has 1 N–H and O–H groups in total. The van der Waals surface area contributed by atoms with Gasteiger partial charge in [-0.2, -0.15) is 0 Å². The van der Waals surface area contributed by atoms with Crippen LogP contribution in [-0.4, -0.2) is 51.1 Å². The van der Waals surface area contributed by atoms with Crippen LogP contribution in [0.25, 0.3) is 32.8 Å². The lowest BCUT2D eigenvalue weighted by Crippen LogP contribution is -2.58. The van der Waals surface area contributed by atoms with Crippen molar-refractivity contribution in [3.05, 3.63) is 72.3 Å². The number of aromatic nitrogens is 2. The molecular formula is C27H24ClFN4O2. The summed E-state index contributed by atoms with van der Waals surface area (Å²) in [6.45, 7) is 8.56. The lowest BCUT2D eigenvalue weighted by Gasteiger charge is -2.45. The molecule has 1 fully saturated rings. The lowest BCUT2D eigenvalue weighted by molar-refractivity contribution is -0.127. The molecule has 0 radical (unpaired) electrons. The molecule has 6 nitrogen and oxygen atoms in total. The number of phenols is 1. The van der Waals surface area contributed by atoms with Crippen LogP contribution in [0.4, 0.5) is 10.2 Å². The van der Waals surface area contributed by atoms with Crippen molar-refractivity contribution in [3.63, 3.8) is 0 Å². The maximum absolute atomic E-state index is 16.1. The summed E-state index contributed by atoms with van der Waals surface area (Å²) in [5, 5.41) is 12.5. The zero-order valence-electron chi connectivity index (χ0n) is 19.4. The first-order valence-corrected chi connectivity index (χ1v) is 11.7. The van der Waals surface area contributed by atoms with Crippen LogP contribution >= 0.6 is 11.6 Å². The first-order valence-electron chi connectivity index (χ1n) is 11.3. The summed E-state index contributed by atoms with van der Waals surface area (Å²) in [5.74, 6) is -0.110. The fourth-order valence-corrected chi connectivity index (χ4v) is 5.41. The Hall–Kier alpha value is -3.71. The van der Waals surface area contributed by atoms with Crippen LogP contribution in [0.1, 0.15) is 13.8 Å². The van der Waals surface area contributed by atoms with E-state index in [9.17, 15) is 9.90 Å². The highest BCUT2D eigenvalue weighted by Gasteiger charge is 2.33. The molecule has 35 heavy (non-hydrogen) atoms. The first kappa shape index (κ1) is 23.1. The Morgan fingerprint density at radius 2 is 1.86 bits per heavy atom. The Morgan fingerprint density at radius 3 is 2.57 bits per heavy atom. The Kier molecular flexibility index (Phi) is 5.81. The molecule has 1 saturated heterocycles. The van der Waals surface area contributed by atoms with Gasteiger partial charge >= 0.3 is 0 Å². The van der Waals surface area contributed by atoms with E-state index in [1.54, 1.807) is 17.0 Å². The molecule has 1 aromatic heterocycles. The van der Waals surface area contributed by atoms with Crippen molar-refractivity contribution >= 4 is 45.0 Å². The van der Waals surface area contributed by atoms with E-state index in [1.807, 2.05) is 38.1 Å². The third-order valence-corrected chi connectivity index (χ3v) is 6.86. The van der Waals surface area contributed by atoms with Gasteiger partial charge in [-0.05, 0) is 54.5 Å². The number of nitrogens with zero attached hydrogens (tertiary/aromatic N) is 4. The van der Waals surface area contributed by atoms with Crippen molar-refractivity contribution < 1.29 is 14.3 Å². The Morgan fingerprint density at radius 1 is 1.14 bits per heavy atom. The smallest absolute Gasteiger partial charge is 0.246 e. The molecule has 3 aromatic carbocycles. The monoisotopic (exact) mass is 490 g/mol. The number of carbonyl (C=O) groups is 1. The van der Waals surface area contributed by atoms with E-state index in [0.29, 0.717) is 29.9 Å². The summed E-state index contributed by atoms with van der Waals surface area (Å²) in [4.78, 5) is 24.8. The summed E-state index contributed by atoms with van der Waals surface area (Å²) in [6, 6.07) is 12.1. The van der Waals surface area contributed by atoms with Gasteiger partial charge in [0.15, 0.2) is 5.82 Å². The minimum atomic E-state index is -0.576. The van der Waals surface area contributed by atoms with Crippen molar-refractivity contribution in [1.82, 2.24) is 14.9 Å². The molecule has 1 aliphatic heterocycles. The highest BCUT2D eigenvalue weighted by Crippen LogP contribution is 2.42. The number of amides is 1. The van der Waals surface area contributed by atoms with Crippen molar-refractivity contribution in [3.8, 4) is 16.9 Å². The molecule has 0 saturated carbocycles. The molecule has 2 atom stereocenters. The minimum absolute atomic E-state index is 0.0206.